The van der Waals surface area contributed by atoms with Crippen molar-refractivity contribution in [2.24, 2.45) is 11.7 Å². The fourth-order valence-corrected chi connectivity index (χ4v) is 3.87. The molecule has 30 heavy (non-hydrogen) atoms. The van der Waals surface area contributed by atoms with E-state index in [-0.39, 0.29) is 35.9 Å². The summed E-state index contributed by atoms with van der Waals surface area (Å²) < 4.78 is 27.7. The fraction of sp³-hybridized carbons (Fsp3) is 0.350. The van der Waals surface area contributed by atoms with E-state index < -0.39 is 12.3 Å². The quantitative estimate of drug-likeness (QED) is 0.541. The zero-order valence-corrected chi connectivity index (χ0v) is 16.7. The van der Waals surface area contributed by atoms with Crippen LogP contribution < -0.4 is 40.3 Å². The Morgan fingerprint density at radius 1 is 1.10 bits per heavy atom. The maximum Gasteiger partial charge on any atom is 0.326 e. The molecule has 2 amide bonds. The van der Waals surface area contributed by atoms with Crippen LogP contribution in [0, 0.1) is 5.92 Å². The van der Waals surface area contributed by atoms with E-state index in [2.05, 4.69) is 10.9 Å². The van der Waals surface area contributed by atoms with Gasteiger partial charge >= 0.3 is 6.03 Å². The van der Waals surface area contributed by atoms with Crippen molar-refractivity contribution in [1.82, 2.24) is 10.9 Å². The number of ether oxygens (including phenoxy) is 5. The molecule has 2 aromatic carbocycles. The Labute approximate surface area is 172 Å². The Balaban J connectivity index is 1.83. The molecule has 2 aliphatic heterocycles. The Kier molecular flexibility index (Phi) is 5.08. The van der Waals surface area contributed by atoms with E-state index in [1.54, 1.807) is 18.2 Å². The van der Waals surface area contributed by atoms with Crippen molar-refractivity contribution in [3.8, 4) is 34.5 Å². The molecule has 4 rings (SSSR count). The highest BCUT2D eigenvalue weighted by Crippen LogP contribution is 2.50. The zero-order chi connectivity index (χ0) is 21.4. The highest BCUT2D eigenvalue weighted by molar-refractivity contribution is 5.71. The van der Waals surface area contributed by atoms with E-state index in [1.807, 2.05) is 13.0 Å². The number of amides is 2. The summed E-state index contributed by atoms with van der Waals surface area (Å²) in [5.41, 5.74) is 12.1. The molecule has 0 radical (unpaired) electrons. The van der Waals surface area contributed by atoms with Gasteiger partial charge in [-0.1, -0.05) is 6.92 Å². The summed E-state index contributed by atoms with van der Waals surface area (Å²) >= 11 is 0. The summed E-state index contributed by atoms with van der Waals surface area (Å²) in [5.74, 6) is 1.84. The van der Waals surface area contributed by atoms with Crippen LogP contribution in [-0.2, 0) is 0 Å². The maximum atomic E-state index is 11.2. The first-order chi connectivity index (χ1) is 14.4. The Bertz CT molecular complexity index is 956. The first kappa shape index (κ1) is 19.8. The van der Waals surface area contributed by atoms with Gasteiger partial charge in [0.1, 0.15) is 5.75 Å². The average Bonchev–Trinajstić information content (AvgIpc) is 3.18. The number of methoxy groups -OCH3 is 2. The summed E-state index contributed by atoms with van der Waals surface area (Å²) in [6, 6.07) is 6.40. The molecule has 0 fully saturated rings. The topological polar surface area (TPSA) is 134 Å². The SMILES string of the molecule is COc1cc([C@H]2c3cc4c(cc3O[C@H](NNC(N)=O)[C@H]2C)OCO4)cc(OC)c1O. The number of carbonyl (C=O) groups excluding carboxylic acids is 1. The minimum atomic E-state index is -0.730. The second-order valence-corrected chi connectivity index (χ2v) is 7.03. The molecular weight excluding hydrogens is 394 g/mol. The largest absolute Gasteiger partial charge is 0.502 e. The van der Waals surface area contributed by atoms with E-state index in [9.17, 15) is 9.90 Å². The van der Waals surface area contributed by atoms with Gasteiger partial charge in [-0.2, -0.15) is 5.43 Å². The number of hydrazine groups is 1. The number of nitrogens with one attached hydrogen (secondary N) is 2. The predicted molar refractivity (Wildman–Crippen MR) is 105 cm³/mol. The fourth-order valence-electron chi connectivity index (χ4n) is 3.87. The number of rotatable bonds is 5. The normalized spacial score (nSPS) is 21.4. The van der Waals surface area contributed by atoms with Crippen LogP contribution in [-0.4, -0.2) is 38.4 Å². The third-order valence-corrected chi connectivity index (χ3v) is 5.30. The zero-order valence-electron chi connectivity index (χ0n) is 16.7. The van der Waals surface area contributed by atoms with Crippen molar-refractivity contribution >= 4 is 6.03 Å². The number of phenols is 1. The third-order valence-electron chi connectivity index (χ3n) is 5.30. The number of nitrogens with two attached hydrogens (primary N) is 1. The van der Waals surface area contributed by atoms with Crippen LogP contribution >= 0.6 is 0 Å². The molecule has 160 valence electrons. The van der Waals surface area contributed by atoms with Gasteiger partial charge in [-0.3, -0.25) is 5.43 Å². The van der Waals surface area contributed by atoms with E-state index in [4.69, 9.17) is 29.4 Å². The predicted octanol–water partition coefficient (Wildman–Crippen LogP) is 1.80. The standard InChI is InChI=1S/C20H23N3O7/c1-9-17(10-4-15(26-2)18(24)16(5-10)27-3)11-6-13-14(29-8-28-13)7-12(11)30-19(9)22-23-20(21)25/h4-7,9,17,19,22,24H,8H2,1-3H3,(H3,21,23,25)/t9-,17-,19-/m0/s1. The second kappa shape index (κ2) is 7.71. The molecule has 0 spiro atoms. The number of urea groups is 1. The molecule has 0 aliphatic carbocycles. The number of carbonyl (C=O) groups is 1. The molecule has 0 bridgehead atoms. The van der Waals surface area contributed by atoms with Crippen molar-refractivity contribution in [1.29, 1.82) is 0 Å². The van der Waals surface area contributed by atoms with Crippen molar-refractivity contribution in [3.05, 3.63) is 35.4 Å². The summed E-state index contributed by atoms with van der Waals surface area (Å²) in [6.45, 7) is 2.09. The number of phenolic OH excluding ortho intramolecular Hbond substituents is 1. The molecule has 0 saturated carbocycles. The highest BCUT2D eigenvalue weighted by Gasteiger charge is 2.39. The van der Waals surface area contributed by atoms with Crippen LogP contribution in [0.1, 0.15) is 24.0 Å². The second-order valence-electron chi connectivity index (χ2n) is 7.03. The van der Waals surface area contributed by atoms with E-state index in [0.29, 0.717) is 17.2 Å². The van der Waals surface area contributed by atoms with Gasteiger partial charge in [-0.25, -0.2) is 4.79 Å². The average molecular weight is 417 g/mol. The van der Waals surface area contributed by atoms with Crippen LogP contribution in [0.15, 0.2) is 24.3 Å². The van der Waals surface area contributed by atoms with Crippen molar-refractivity contribution in [3.63, 3.8) is 0 Å². The lowest BCUT2D eigenvalue weighted by atomic mass is 9.78. The Hall–Kier alpha value is -3.53. The maximum absolute atomic E-state index is 11.2. The van der Waals surface area contributed by atoms with Gasteiger partial charge in [-0.05, 0) is 23.8 Å². The Morgan fingerprint density at radius 2 is 1.73 bits per heavy atom. The van der Waals surface area contributed by atoms with E-state index in [1.165, 1.54) is 14.2 Å². The number of primary amides is 1. The smallest absolute Gasteiger partial charge is 0.326 e. The van der Waals surface area contributed by atoms with Gasteiger partial charge in [0.2, 0.25) is 12.5 Å². The number of hydrogen-bond acceptors (Lipinski definition) is 8. The number of fused-ring (bicyclic) bond motifs is 2. The van der Waals surface area contributed by atoms with Crippen LogP contribution in [0.5, 0.6) is 34.5 Å². The molecular formula is C20H23N3O7. The van der Waals surface area contributed by atoms with Crippen molar-refractivity contribution < 1.29 is 33.6 Å². The number of aromatic hydroxyl groups is 1. The van der Waals surface area contributed by atoms with Crippen molar-refractivity contribution in [2.75, 3.05) is 21.0 Å². The van der Waals surface area contributed by atoms with Gasteiger partial charge in [0, 0.05) is 23.5 Å². The molecule has 10 heteroatoms. The molecule has 0 aromatic heterocycles. The van der Waals surface area contributed by atoms with Crippen molar-refractivity contribution in [2.45, 2.75) is 19.1 Å². The number of hydrogen-bond donors (Lipinski definition) is 4. The van der Waals surface area contributed by atoms with Gasteiger partial charge in [0.15, 0.2) is 29.2 Å². The van der Waals surface area contributed by atoms with Gasteiger partial charge < -0.3 is 34.5 Å². The Morgan fingerprint density at radius 3 is 2.33 bits per heavy atom. The molecule has 10 nitrogen and oxygen atoms in total. The molecule has 0 saturated heterocycles. The lowest BCUT2D eigenvalue weighted by Crippen LogP contribution is -2.54. The first-order valence-electron chi connectivity index (χ1n) is 9.29. The monoisotopic (exact) mass is 417 g/mol. The molecule has 2 aliphatic rings. The van der Waals surface area contributed by atoms with Crippen LogP contribution in [0.3, 0.4) is 0 Å². The molecule has 0 unspecified atom stereocenters. The summed E-state index contributed by atoms with van der Waals surface area (Å²) in [7, 11) is 2.94. The molecule has 2 aromatic rings. The van der Waals surface area contributed by atoms with Gasteiger partial charge in [-0.15, -0.1) is 0 Å². The minimum absolute atomic E-state index is 0.0838. The minimum Gasteiger partial charge on any atom is -0.502 e. The molecule has 3 atom stereocenters. The first-order valence-corrected chi connectivity index (χ1v) is 9.29. The number of benzene rings is 2. The van der Waals surface area contributed by atoms with Gasteiger partial charge in [0.25, 0.3) is 0 Å². The highest BCUT2D eigenvalue weighted by atomic mass is 16.7. The summed E-state index contributed by atoms with van der Waals surface area (Å²) in [5, 5.41) is 10.3. The lowest BCUT2D eigenvalue weighted by Gasteiger charge is -2.38. The lowest BCUT2D eigenvalue weighted by molar-refractivity contribution is 0.0691. The summed E-state index contributed by atoms with van der Waals surface area (Å²) in [6.07, 6.45) is -0.596. The third kappa shape index (κ3) is 3.35. The van der Waals surface area contributed by atoms with Crippen LogP contribution in [0.2, 0.25) is 0 Å². The molecule has 2 heterocycles. The van der Waals surface area contributed by atoms with E-state index in [0.717, 1.165) is 11.1 Å². The van der Waals surface area contributed by atoms with E-state index >= 15 is 0 Å². The summed E-state index contributed by atoms with van der Waals surface area (Å²) in [4.78, 5) is 11.2. The van der Waals surface area contributed by atoms with Crippen LogP contribution in [0.4, 0.5) is 4.79 Å². The van der Waals surface area contributed by atoms with Crippen LogP contribution in [0.25, 0.3) is 0 Å². The van der Waals surface area contributed by atoms with Gasteiger partial charge in [0.05, 0.1) is 14.2 Å². The molecule has 5 N–H and O–H groups in total.